The highest BCUT2D eigenvalue weighted by Crippen LogP contribution is 2.25. The average Bonchev–Trinajstić information content (AvgIpc) is 3.21. The molecule has 3 amide bonds. The molecule has 1 fully saturated rings. The van der Waals surface area contributed by atoms with Crippen LogP contribution in [0.1, 0.15) is 43.4 Å². The molecule has 0 unspecified atom stereocenters. The Morgan fingerprint density at radius 3 is 2.38 bits per heavy atom. The smallest absolute Gasteiger partial charge is 0.334 e. The number of sulfonamides is 1. The maximum atomic E-state index is 12.8. The first kappa shape index (κ1) is 26.2. The predicted octanol–water partition coefficient (Wildman–Crippen LogP) is 3.90. The quantitative estimate of drug-likeness (QED) is 0.414. The molecular weight excluding hydrogens is 516 g/mol. The molecule has 1 heterocycles. The fraction of sp³-hybridized carbons (Fsp3) is 0.280. The number of benzene rings is 2. The topological polar surface area (TPSA) is 146 Å². The monoisotopic (exact) mass is 540 g/mol. The van der Waals surface area contributed by atoms with Gasteiger partial charge < -0.3 is 5.32 Å². The number of halogens is 1. The Bertz CT molecular complexity index is 1430. The average molecular weight is 541 g/mol. The van der Waals surface area contributed by atoms with Gasteiger partial charge in [-0.25, -0.2) is 22.6 Å². The van der Waals surface area contributed by atoms with Gasteiger partial charge in [0.05, 0.1) is 22.7 Å². The molecule has 1 aliphatic rings. The number of amides is 3. The molecule has 4 rings (SSSR count). The Morgan fingerprint density at radius 1 is 1.05 bits per heavy atom. The van der Waals surface area contributed by atoms with Crippen LogP contribution in [-0.2, 0) is 21.2 Å². The van der Waals surface area contributed by atoms with Gasteiger partial charge in [-0.3, -0.25) is 10.1 Å². The van der Waals surface area contributed by atoms with Crippen LogP contribution in [0.15, 0.2) is 59.5 Å². The van der Waals surface area contributed by atoms with E-state index in [2.05, 4.69) is 15.7 Å². The second-order valence-electron chi connectivity index (χ2n) is 8.62. The van der Waals surface area contributed by atoms with E-state index in [0.29, 0.717) is 10.7 Å². The van der Waals surface area contributed by atoms with Crippen molar-refractivity contribution in [1.29, 1.82) is 5.26 Å². The number of aromatic nitrogens is 2. The zero-order valence-corrected chi connectivity index (χ0v) is 21.3. The number of anilines is 1. The fourth-order valence-electron chi connectivity index (χ4n) is 4.18. The molecule has 2 aromatic carbocycles. The molecule has 0 saturated heterocycles. The van der Waals surface area contributed by atoms with E-state index >= 15 is 0 Å². The van der Waals surface area contributed by atoms with Crippen molar-refractivity contribution in [3.63, 3.8) is 0 Å². The Hall–Kier alpha value is -3.88. The van der Waals surface area contributed by atoms with Crippen molar-refractivity contribution in [2.75, 3.05) is 5.32 Å². The second kappa shape index (κ2) is 11.5. The van der Waals surface area contributed by atoms with Crippen LogP contribution in [-0.4, -0.2) is 36.2 Å². The lowest BCUT2D eigenvalue weighted by Crippen LogP contribution is -2.37. The van der Waals surface area contributed by atoms with Crippen molar-refractivity contribution in [3.8, 4) is 11.8 Å². The van der Waals surface area contributed by atoms with Crippen molar-refractivity contribution < 1.29 is 18.0 Å². The van der Waals surface area contributed by atoms with Crippen molar-refractivity contribution >= 4 is 39.4 Å². The van der Waals surface area contributed by atoms with Crippen LogP contribution < -0.4 is 15.4 Å². The molecule has 0 radical (unpaired) electrons. The van der Waals surface area contributed by atoms with Gasteiger partial charge in [0.15, 0.2) is 5.82 Å². The summed E-state index contributed by atoms with van der Waals surface area (Å²) in [5, 5.41) is 20.1. The van der Waals surface area contributed by atoms with Gasteiger partial charge in [0, 0.05) is 11.1 Å². The minimum atomic E-state index is -4.22. The van der Waals surface area contributed by atoms with Crippen LogP contribution in [0.2, 0.25) is 5.02 Å². The number of carbonyl (C=O) groups is 2. The number of para-hydroxylation sites is 1. The zero-order valence-electron chi connectivity index (χ0n) is 19.8. The van der Waals surface area contributed by atoms with E-state index in [-0.39, 0.29) is 40.3 Å². The highest BCUT2D eigenvalue weighted by molar-refractivity contribution is 7.90. The van der Waals surface area contributed by atoms with Gasteiger partial charge in [-0.1, -0.05) is 49.1 Å². The number of nitrogens with one attached hydrogen (secondary N) is 3. The third kappa shape index (κ3) is 6.47. The summed E-state index contributed by atoms with van der Waals surface area (Å²) in [6, 6.07) is 15.0. The number of carbonyl (C=O) groups excluding carboxylic acids is 2. The first-order valence-electron chi connectivity index (χ1n) is 11.7. The molecule has 10 nitrogen and oxygen atoms in total. The summed E-state index contributed by atoms with van der Waals surface area (Å²) in [5.41, 5.74) is 0.631. The predicted molar refractivity (Wildman–Crippen MR) is 138 cm³/mol. The number of rotatable bonds is 7. The Kier molecular flexibility index (Phi) is 8.11. The molecule has 1 saturated carbocycles. The molecular formula is C25H25ClN6O4S. The van der Waals surface area contributed by atoms with E-state index in [1.54, 1.807) is 30.3 Å². The highest BCUT2D eigenvalue weighted by atomic mass is 35.5. The molecule has 0 spiro atoms. The van der Waals surface area contributed by atoms with Gasteiger partial charge in [0.25, 0.3) is 10.0 Å². The third-order valence-electron chi connectivity index (χ3n) is 5.95. The van der Waals surface area contributed by atoms with E-state index in [1.807, 2.05) is 10.8 Å². The molecule has 0 atom stereocenters. The lowest BCUT2D eigenvalue weighted by Gasteiger charge is -2.22. The normalized spacial score (nSPS) is 13.9. The minimum Gasteiger partial charge on any atom is -0.353 e. The number of hydrogen-bond acceptors (Lipinski definition) is 6. The van der Waals surface area contributed by atoms with Crippen LogP contribution in [0, 0.1) is 11.3 Å². The summed E-state index contributed by atoms with van der Waals surface area (Å²) in [6.45, 7) is 0. The molecule has 37 heavy (non-hydrogen) atoms. The lowest BCUT2D eigenvalue weighted by molar-refractivity contribution is -0.121. The molecule has 1 aromatic heterocycles. The molecule has 192 valence electrons. The molecule has 1 aliphatic carbocycles. The molecule has 0 bridgehead atoms. The second-order valence-corrected chi connectivity index (χ2v) is 10.7. The van der Waals surface area contributed by atoms with Crippen LogP contribution in [0.25, 0.3) is 5.69 Å². The summed E-state index contributed by atoms with van der Waals surface area (Å²) in [6.07, 6.45) is 4.91. The van der Waals surface area contributed by atoms with Crippen molar-refractivity contribution in [3.05, 3.63) is 70.9 Å². The fourth-order valence-corrected chi connectivity index (χ4v) is 5.21. The van der Waals surface area contributed by atoms with Crippen molar-refractivity contribution in [2.24, 2.45) is 0 Å². The van der Waals surface area contributed by atoms with E-state index in [9.17, 15) is 23.3 Å². The maximum absolute atomic E-state index is 12.8. The molecule has 3 aromatic rings. The van der Waals surface area contributed by atoms with Gasteiger partial charge >= 0.3 is 6.03 Å². The number of nitrogens with zero attached hydrogens (tertiary/aromatic N) is 3. The largest absolute Gasteiger partial charge is 0.353 e. The molecule has 12 heteroatoms. The third-order valence-corrected chi connectivity index (χ3v) is 7.55. The molecule has 3 N–H and O–H groups in total. The van der Waals surface area contributed by atoms with E-state index in [1.165, 1.54) is 28.9 Å². The van der Waals surface area contributed by atoms with E-state index in [4.69, 9.17) is 11.6 Å². The highest BCUT2D eigenvalue weighted by Gasteiger charge is 2.25. The van der Waals surface area contributed by atoms with E-state index < -0.39 is 16.1 Å². The van der Waals surface area contributed by atoms with Crippen molar-refractivity contribution in [2.45, 2.75) is 49.5 Å². The van der Waals surface area contributed by atoms with Gasteiger partial charge in [-0.15, -0.1) is 0 Å². The Labute approximate surface area is 219 Å². The standard InChI is InChI=1S/C25H25ClN6O4S/c26-17-11-13-20(14-12-17)37(35,36)31-25(34)29-24-21(16-27)22(30-32(24)19-9-5-2-6-10-19)15-23(33)28-18-7-3-1-4-8-18/h2,5-6,9-14,18H,1,3-4,7-8,15H2,(H,28,33)(H2,29,31,34). The first-order chi connectivity index (χ1) is 17.8. The van der Waals surface area contributed by atoms with Gasteiger partial charge in [-0.05, 0) is 49.2 Å². The van der Waals surface area contributed by atoms with Crippen LogP contribution in [0.4, 0.5) is 10.6 Å². The summed E-state index contributed by atoms with van der Waals surface area (Å²) >= 11 is 5.81. The SMILES string of the molecule is N#Cc1c(CC(=O)NC2CCCCC2)nn(-c2ccccc2)c1NC(=O)NS(=O)(=O)c1ccc(Cl)cc1. The summed E-state index contributed by atoms with van der Waals surface area (Å²) < 4.78 is 28.5. The van der Waals surface area contributed by atoms with Crippen LogP contribution in [0.3, 0.4) is 0 Å². The van der Waals surface area contributed by atoms with Gasteiger partial charge in [-0.2, -0.15) is 10.4 Å². The minimum absolute atomic E-state index is 0.0401. The van der Waals surface area contributed by atoms with Crippen LogP contribution in [0.5, 0.6) is 0 Å². The van der Waals surface area contributed by atoms with Gasteiger partial charge in [0.1, 0.15) is 11.6 Å². The Morgan fingerprint density at radius 2 is 1.73 bits per heavy atom. The summed E-state index contributed by atoms with van der Waals surface area (Å²) in [4.78, 5) is 25.3. The maximum Gasteiger partial charge on any atom is 0.334 e. The zero-order chi connectivity index (χ0) is 26.4. The summed E-state index contributed by atoms with van der Waals surface area (Å²) in [7, 11) is -4.22. The lowest BCUT2D eigenvalue weighted by atomic mass is 9.95. The number of nitriles is 1. The summed E-state index contributed by atoms with van der Waals surface area (Å²) in [5.74, 6) is -0.333. The van der Waals surface area contributed by atoms with E-state index in [0.717, 1.165) is 32.1 Å². The van der Waals surface area contributed by atoms with Crippen LogP contribution >= 0.6 is 11.6 Å². The Balaban J connectivity index is 1.60. The molecule has 0 aliphatic heterocycles. The van der Waals surface area contributed by atoms with Crippen molar-refractivity contribution in [1.82, 2.24) is 19.8 Å². The number of urea groups is 1. The van der Waals surface area contributed by atoms with Gasteiger partial charge in [0.2, 0.25) is 5.91 Å². The first-order valence-corrected chi connectivity index (χ1v) is 13.6. The number of hydrogen-bond donors (Lipinski definition) is 3.